The lowest BCUT2D eigenvalue weighted by Gasteiger charge is -2.23. The van der Waals surface area contributed by atoms with Gasteiger partial charge in [0.05, 0.1) is 5.69 Å². The highest BCUT2D eigenvalue weighted by Crippen LogP contribution is 2.45. The van der Waals surface area contributed by atoms with Gasteiger partial charge in [-0.2, -0.15) is 0 Å². The summed E-state index contributed by atoms with van der Waals surface area (Å²) in [5, 5.41) is 10.4. The second-order valence-corrected chi connectivity index (χ2v) is 14.1. The Morgan fingerprint density at radius 1 is 0.396 bits per heavy atom. The SMILES string of the molecule is CC(C)(C)c1cc2ccc3c(-c4ccc(-c5ccccn5)cc4)cc(-c4cccc(-c5ccc6ccccc6c5)c4)c4ccc(c1)c2c34. The second kappa shape index (κ2) is 10.9. The van der Waals surface area contributed by atoms with Gasteiger partial charge in [0.1, 0.15) is 0 Å². The van der Waals surface area contributed by atoms with Gasteiger partial charge >= 0.3 is 0 Å². The maximum atomic E-state index is 4.58. The third-order valence-corrected chi connectivity index (χ3v) is 10.00. The van der Waals surface area contributed by atoms with Crippen molar-refractivity contribution < 1.29 is 0 Å². The van der Waals surface area contributed by atoms with Crippen LogP contribution in [0.4, 0.5) is 0 Å². The number of hydrogen-bond donors (Lipinski definition) is 0. The molecule has 8 aromatic carbocycles. The molecule has 0 atom stereocenters. The Kier molecular flexibility index (Phi) is 6.45. The van der Waals surface area contributed by atoms with Crippen molar-refractivity contribution in [2.24, 2.45) is 0 Å². The molecule has 9 aromatic rings. The molecule has 0 fully saturated rings. The zero-order chi connectivity index (χ0) is 32.4. The van der Waals surface area contributed by atoms with E-state index in [2.05, 4.69) is 165 Å². The highest BCUT2D eigenvalue weighted by Gasteiger charge is 2.20. The predicted molar refractivity (Wildman–Crippen MR) is 206 cm³/mol. The highest BCUT2D eigenvalue weighted by atomic mass is 14.7. The van der Waals surface area contributed by atoms with Gasteiger partial charge in [-0.05, 0) is 118 Å². The summed E-state index contributed by atoms with van der Waals surface area (Å²) in [6, 6.07) is 56.0. The van der Waals surface area contributed by atoms with E-state index in [1.165, 1.54) is 82.0 Å². The van der Waals surface area contributed by atoms with Crippen molar-refractivity contribution in [1.82, 2.24) is 4.98 Å². The highest BCUT2D eigenvalue weighted by molar-refractivity contribution is 6.28. The fraction of sp³-hybridized carbons (Fsp3) is 0.0851. The van der Waals surface area contributed by atoms with E-state index in [1.807, 2.05) is 18.3 Å². The van der Waals surface area contributed by atoms with Gasteiger partial charge in [0, 0.05) is 11.8 Å². The Balaban J connectivity index is 1.29. The number of rotatable bonds is 4. The molecule has 228 valence electrons. The second-order valence-electron chi connectivity index (χ2n) is 14.1. The van der Waals surface area contributed by atoms with Crippen LogP contribution < -0.4 is 0 Å². The molecular formula is C47H35N. The van der Waals surface area contributed by atoms with E-state index in [9.17, 15) is 0 Å². The van der Waals surface area contributed by atoms with E-state index in [0.29, 0.717) is 0 Å². The van der Waals surface area contributed by atoms with Crippen LogP contribution in [0.2, 0.25) is 0 Å². The van der Waals surface area contributed by atoms with Crippen molar-refractivity contribution in [3.05, 3.63) is 163 Å². The molecule has 0 N–H and O–H groups in total. The minimum absolute atomic E-state index is 0.0688. The van der Waals surface area contributed by atoms with E-state index in [0.717, 1.165) is 11.3 Å². The van der Waals surface area contributed by atoms with Crippen LogP contribution in [0.5, 0.6) is 0 Å². The first-order valence-electron chi connectivity index (χ1n) is 16.8. The lowest BCUT2D eigenvalue weighted by Crippen LogP contribution is -2.10. The summed E-state index contributed by atoms with van der Waals surface area (Å²) < 4.78 is 0. The van der Waals surface area contributed by atoms with Gasteiger partial charge in [0.2, 0.25) is 0 Å². The van der Waals surface area contributed by atoms with Crippen molar-refractivity contribution in [2.75, 3.05) is 0 Å². The number of pyridine rings is 1. The molecule has 0 aliphatic heterocycles. The Morgan fingerprint density at radius 3 is 1.71 bits per heavy atom. The van der Waals surface area contributed by atoms with Crippen molar-refractivity contribution in [2.45, 2.75) is 26.2 Å². The van der Waals surface area contributed by atoms with Gasteiger partial charge in [-0.3, -0.25) is 4.98 Å². The zero-order valence-corrected chi connectivity index (χ0v) is 27.5. The van der Waals surface area contributed by atoms with Crippen LogP contribution in [0, 0.1) is 0 Å². The van der Waals surface area contributed by atoms with E-state index in [-0.39, 0.29) is 5.41 Å². The van der Waals surface area contributed by atoms with Gasteiger partial charge < -0.3 is 0 Å². The van der Waals surface area contributed by atoms with Crippen molar-refractivity contribution in [3.63, 3.8) is 0 Å². The normalized spacial score (nSPS) is 12.1. The van der Waals surface area contributed by atoms with E-state index >= 15 is 0 Å². The molecule has 0 spiro atoms. The van der Waals surface area contributed by atoms with Gasteiger partial charge in [0.25, 0.3) is 0 Å². The number of hydrogen-bond acceptors (Lipinski definition) is 1. The molecule has 1 aromatic heterocycles. The minimum Gasteiger partial charge on any atom is -0.256 e. The molecule has 48 heavy (non-hydrogen) atoms. The molecule has 1 heteroatoms. The Bertz CT molecular complexity index is 2600. The lowest BCUT2D eigenvalue weighted by atomic mass is 9.81. The van der Waals surface area contributed by atoms with E-state index < -0.39 is 0 Å². The first-order valence-corrected chi connectivity index (χ1v) is 16.8. The molecule has 0 amide bonds. The maximum Gasteiger partial charge on any atom is 0.0701 e. The van der Waals surface area contributed by atoms with E-state index in [1.54, 1.807) is 0 Å². The van der Waals surface area contributed by atoms with Crippen molar-refractivity contribution in [3.8, 4) is 44.6 Å². The van der Waals surface area contributed by atoms with Crippen LogP contribution in [0.25, 0.3) is 87.7 Å². The smallest absolute Gasteiger partial charge is 0.0701 e. The average molecular weight is 614 g/mol. The standard InChI is InChI=1S/C47H35N/c1-47(2,3)39-27-37-20-22-40-42(31-15-17-32(18-16-31)44-13-6-7-24-48-44)29-43(41-23-21-38(28-39)45(37)46(40)41)36-12-8-11-34(26-36)35-19-14-30-9-4-5-10-33(30)25-35/h4-29H,1-3H3. The van der Waals surface area contributed by atoms with Crippen LogP contribution in [0.3, 0.4) is 0 Å². The zero-order valence-electron chi connectivity index (χ0n) is 27.5. The first-order chi connectivity index (χ1) is 23.4. The lowest BCUT2D eigenvalue weighted by molar-refractivity contribution is 0.591. The summed E-state index contributed by atoms with van der Waals surface area (Å²) in [5.74, 6) is 0. The summed E-state index contributed by atoms with van der Waals surface area (Å²) in [6.07, 6.45) is 1.85. The third-order valence-electron chi connectivity index (χ3n) is 10.00. The van der Waals surface area contributed by atoms with Crippen LogP contribution in [-0.4, -0.2) is 4.98 Å². The van der Waals surface area contributed by atoms with Crippen LogP contribution in [0.1, 0.15) is 26.3 Å². The fourth-order valence-corrected chi connectivity index (χ4v) is 7.42. The Morgan fingerprint density at radius 2 is 1.00 bits per heavy atom. The van der Waals surface area contributed by atoms with Gasteiger partial charge in [-0.15, -0.1) is 0 Å². The summed E-state index contributed by atoms with van der Waals surface area (Å²) in [5.41, 5.74) is 10.9. The molecule has 0 unspecified atom stereocenters. The summed E-state index contributed by atoms with van der Waals surface area (Å²) in [4.78, 5) is 4.58. The molecule has 1 nitrogen and oxygen atoms in total. The monoisotopic (exact) mass is 613 g/mol. The largest absolute Gasteiger partial charge is 0.256 e. The summed E-state index contributed by atoms with van der Waals surface area (Å²) in [7, 11) is 0. The summed E-state index contributed by atoms with van der Waals surface area (Å²) >= 11 is 0. The molecule has 0 saturated heterocycles. The Labute approximate surface area is 281 Å². The molecule has 0 saturated carbocycles. The average Bonchev–Trinajstić information content (AvgIpc) is 3.13. The molecule has 9 rings (SSSR count). The van der Waals surface area contributed by atoms with Gasteiger partial charge in [-0.25, -0.2) is 0 Å². The predicted octanol–water partition coefficient (Wildman–Crippen LogP) is 13.1. The van der Waals surface area contributed by atoms with Crippen LogP contribution in [0.15, 0.2) is 158 Å². The van der Waals surface area contributed by atoms with Crippen molar-refractivity contribution in [1.29, 1.82) is 0 Å². The summed E-state index contributed by atoms with van der Waals surface area (Å²) in [6.45, 7) is 6.90. The fourth-order valence-electron chi connectivity index (χ4n) is 7.42. The molecule has 0 aliphatic rings. The Hall–Kier alpha value is -5.79. The van der Waals surface area contributed by atoms with E-state index in [4.69, 9.17) is 0 Å². The van der Waals surface area contributed by atoms with Crippen molar-refractivity contribution >= 4 is 43.1 Å². The molecule has 0 aliphatic carbocycles. The topological polar surface area (TPSA) is 12.9 Å². The molecule has 1 heterocycles. The van der Waals surface area contributed by atoms with Crippen LogP contribution >= 0.6 is 0 Å². The molecule has 0 bridgehead atoms. The maximum absolute atomic E-state index is 4.58. The number of aromatic nitrogens is 1. The quantitative estimate of drug-likeness (QED) is 0.180. The molecule has 0 radical (unpaired) electrons. The first kappa shape index (κ1) is 28.4. The third kappa shape index (κ3) is 4.74. The van der Waals surface area contributed by atoms with Crippen LogP contribution in [-0.2, 0) is 5.41 Å². The van der Waals surface area contributed by atoms with Gasteiger partial charge in [-0.1, -0.05) is 142 Å². The van der Waals surface area contributed by atoms with Gasteiger partial charge in [0.15, 0.2) is 0 Å². The molecular weight excluding hydrogens is 579 g/mol. The number of nitrogens with zero attached hydrogens (tertiary/aromatic N) is 1. The minimum atomic E-state index is 0.0688. The number of benzene rings is 8. The number of fused-ring (bicyclic) bond motifs is 1.